The van der Waals surface area contributed by atoms with Crippen LogP contribution in [0.3, 0.4) is 0 Å². The fourth-order valence-electron chi connectivity index (χ4n) is 2.56. The summed E-state index contributed by atoms with van der Waals surface area (Å²) in [5, 5.41) is 9.79. The summed E-state index contributed by atoms with van der Waals surface area (Å²) in [5.41, 5.74) is 0.929. The maximum absolute atomic E-state index is 9.79. The van der Waals surface area contributed by atoms with Gasteiger partial charge in [0.25, 0.3) is 0 Å². The molecule has 0 aliphatic rings. The molecule has 4 heteroatoms. The molecular formula is C18H18O4. The molecule has 0 spiro atoms. The van der Waals surface area contributed by atoms with Gasteiger partial charge in [0.05, 0.1) is 7.11 Å². The van der Waals surface area contributed by atoms with Gasteiger partial charge in [0.1, 0.15) is 29.0 Å². The minimum absolute atomic E-state index is 0.108. The standard InChI is InChI=1S/C18H18O4/c1-11-4-8-15(21-11)18(16-9-5-12(2)22-16)13-6-7-14(19)17(10-13)20-3/h4-10,18-19H,1-3H3. The smallest absolute Gasteiger partial charge is 0.160 e. The molecule has 1 aromatic carbocycles. The van der Waals surface area contributed by atoms with Crippen molar-refractivity contribution in [3.05, 3.63) is 71.1 Å². The third-order valence-electron chi connectivity index (χ3n) is 3.63. The van der Waals surface area contributed by atoms with E-state index in [1.54, 1.807) is 12.1 Å². The number of methoxy groups -OCH3 is 1. The summed E-state index contributed by atoms with van der Waals surface area (Å²) in [4.78, 5) is 0. The summed E-state index contributed by atoms with van der Waals surface area (Å²) in [6.45, 7) is 3.82. The van der Waals surface area contributed by atoms with Crippen LogP contribution in [-0.2, 0) is 0 Å². The number of furan rings is 2. The lowest BCUT2D eigenvalue weighted by Gasteiger charge is -2.14. The second kappa shape index (κ2) is 5.64. The van der Waals surface area contributed by atoms with E-state index in [9.17, 15) is 5.11 Å². The van der Waals surface area contributed by atoms with E-state index in [0.717, 1.165) is 28.6 Å². The van der Waals surface area contributed by atoms with Crippen LogP contribution in [0.1, 0.15) is 34.5 Å². The van der Waals surface area contributed by atoms with Gasteiger partial charge in [-0.05, 0) is 55.8 Å². The first-order valence-electron chi connectivity index (χ1n) is 7.08. The number of hydrogen-bond acceptors (Lipinski definition) is 4. The number of hydrogen-bond donors (Lipinski definition) is 1. The average molecular weight is 298 g/mol. The molecule has 0 saturated heterocycles. The maximum Gasteiger partial charge on any atom is 0.160 e. The maximum atomic E-state index is 9.79. The second-order valence-corrected chi connectivity index (χ2v) is 5.26. The Balaban J connectivity index is 2.13. The number of phenolic OH excluding ortho intramolecular Hbond substituents is 1. The molecule has 3 aromatic rings. The summed E-state index contributed by atoms with van der Waals surface area (Å²) in [7, 11) is 1.53. The van der Waals surface area contributed by atoms with Crippen LogP contribution in [0.4, 0.5) is 0 Å². The summed E-state index contributed by atoms with van der Waals surface area (Å²) in [6.07, 6.45) is 0. The van der Waals surface area contributed by atoms with Gasteiger partial charge in [-0.3, -0.25) is 0 Å². The highest BCUT2D eigenvalue weighted by atomic mass is 16.5. The average Bonchev–Trinajstić information content (AvgIpc) is 3.10. The molecule has 3 rings (SSSR count). The Morgan fingerprint density at radius 1 is 0.909 bits per heavy atom. The quantitative estimate of drug-likeness (QED) is 0.776. The lowest BCUT2D eigenvalue weighted by molar-refractivity contribution is 0.372. The molecule has 0 radical (unpaired) electrons. The molecule has 1 N–H and O–H groups in total. The van der Waals surface area contributed by atoms with Gasteiger partial charge in [0, 0.05) is 0 Å². The minimum atomic E-state index is -0.183. The summed E-state index contributed by atoms with van der Waals surface area (Å²) < 4.78 is 16.8. The largest absolute Gasteiger partial charge is 0.504 e. The van der Waals surface area contributed by atoms with Crippen LogP contribution in [0.25, 0.3) is 0 Å². The van der Waals surface area contributed by atoms with Crippen LogP contribution in [0.15, 0.2) is 51.3 Å². The second-order valence-electron chi connectivity index (χ2n) is 5.26. The van der Waals surface area contributed by atoms with Crippen molar-refractivity contribution in [1.82, 2.24) is 0 Å². The predicted molar refractivity (Wildman–Crippen MR) is 82.5 cm³/mol. The van der Waals surface area contributed by atoms with E-state index in [4.69, 9.17) is 13.6 Å². The van der Waals surface area contributed by atoms with Crippen molar-refractivity contribution in [3.63, 3.8) is 0 Å². The summed E-state index contributed by atoms with van der Waals surface area (Å²) >= 11 is 0. The minimum Gasteiger partial charge on any atom is -0.504 e. The van der Waals surface area contributed by atoms with Crippen LogP contribution >= 0.6 is 0 Å². The molecule has 0 saturated carbocycles. The number of aromatic hydroxyl groups is 1. The first-order chi connectivity index (χ1) is 10.6. The zero-order valence-electron chi connectivity index (χ0n) is 12.8. The molecule has 4 nitrogen and oxygen atoms in total. The van der Waals surface area contributed by atoms with Gasteiger partial charge in [-0.25, -0.2) is 0 Å². The Hall–Kier alpha value is -2.62. The molecule has 0 bridgehead atoms. The first kappa shape index (κ1) is 14.3. The summed E-state index contributed by atoms with van der Waals surface area (Å²) in [5.74, 6) is 3.62. The fourth-order valence-corrected chi connectivity index (χ4v) is 2.56. The summed E-state index contributed by atoms with van der Waals surface area (Å²) in [6, 6.07) is 13.0. The number of ether oxygens (including phenoxy) is 1. The monoisotopic (exact) mass is 298 g/mol. The third-order valence-corrected chi connectivity index (χ3v) is 3.63. The number of phenols is 1. The molecule has 2 aromatic heterocycles. The molecule has 2 heterocycles. The molecule has 0 aliphatic heterocycles. The van der Waals surface area contributed by atoms with Crippen molar-refractivity contribution in [1.29, 1.82) is 0 Å². The van der Waals surface area contributed by atoms with Gasteiger partial charge in [-0.15, -0.1) is 0 Å². The molecular weight excluding hydrogens is 280 g/mol. The highest BCUT2D eigenvalue weighted by Crippen LogP contribution is 2.37. The van der Waals surface area contributed by atoms with E-state index in [1.807, 2.05) is 44.2 Å². The first-order valence-corrected chi connectivity index (χ1v) is 7.08. The van der Waals surface area contributed by atoms with E-state index in [2.05, 4.69) is 0 Å². The zero-order valence-corrected chi connectivity index (χ0v) is 12.8. The van der Waals surface area contributed by atoms with Crippen LogP contribution in [-0.4, -0.2) is 12.2 Å². The van der Waals surface area contributed by atoms with Gasteiger partial charge < -0.3 is 18.7 Å². The van der Waals surface area contributed by atoms with Crippen LogP contribution in [0, 0.1) is 13.8 Å². The van der Waals surface area contributed by atoms with Crippen LogP contribution < -0.4 is 4.74 Å². The topological polar surface area (TPSA) is 55.7 Å². The van der Waals surface area contributed by atoms with Crippen molar-refractivity contribution < 1.29 is 18.7 Å². The van der Waals surface area contributed by atoms with Gasteiger partial charge in [-0.1, -0.05) is 6.07 Å². The van der Waals surface area contributed by atoms with Crippen molar-refractivity contribution >= 4 is 0 Å². The highest BCUT2D eigenvalue weighted by molar-refractivity contribution is 5.46. The Bertz CT molecular complexity index is 742. The van der Waals surface area contributed by atoms with E-state index in [-0.39, 0.29) is 11.7 Å². The molecule has 0 fully saturated rings. The number of benzene rings is 1. The third kappa shape index (κ3) is 2.60. The Morgan fingerprint density at radius 2 is 1.50 bits per heavy atom. The van der Waals surface area contributed by atoms with Crippen LogP contribution in [0.5, 0.6) is 11.5 Å². The number of aryl methyl sites for hydroxylation is 2. The van der Waals surface area contributed by atoms with Gasteiger partial charge in [0.15, 0.2) is 11.5 Å². The Labute approximate surface area is 129 Å². The normalized spacial score (nSPS) is 11.1. The lowest BCUT2D eigenvalue weighted by Crippen LogP contribution is -2.01. The van der Waals surface area contributed by atoms with E-state index < -0.39 is 0 Å². The highest BCUT2D eigenvalue weighted by Gasteiger charge is 2.24. The Morgan fingerprint density at radius 3 is 1.95 bits per heavy atom. The molecule has 114 valence electrons. The van der Waals surface area contributed by atoms with Crippen LogP contribution in [0.2, 0.25) is 0 Å². The van der Waals surface area contributed by atoms with Gasteiger partial charge in [-0.2, -0.15) is 0 Å². The van der Waals surface area contributed by atoms with E-state index >= 15 is 0 Å². The van der Waals surface area contributed by atoms with Crippen molar-refractivity contribution in [3.8, 4) is 11.5 Å². The fraction of sp³-hybridized carbons (Fsp3) is 0.222. The van der Waals surface area contributed by atoms with Gasteiger partial charge >= 0.3 is 0 Å². The zero-order chi connectivity index (χ0) is 15.7. The lowest BCUT2D eigenvalue weighted by atomic mass is 9.93. The van der Waals surface area contributed by atoms with E-state index in [0.29, 0.717) is 5.75 Å². The molecule has 0 atom stereocenters. The Kier molecular flexibility index (Phi) is 3.67. The molecule has 0 unspecified atom stereocenters. The molecule has 0 amide bonds. The van der Waals surface area contributed by atoms with E-state index in [1.165, 1.54) is 7.11 Å². The molecule has 0 aliphatic carbocycles. The SMILES string of the molecule is COc1cc(C(c2ccc(C)o2)c2ccc(C)o2)ccc1O. The van der Waals surface area contributed by atoms with Gasteiger partial charge in [0.2, 0.25) is 0 Å². The van der Waals surface area contributed by atoms with Crippen molar-refractivity contribution in [2.24, 2.45) is 0 Å². The van der Waals surface area contributed by atoms with Crippen molar-refractivity contribution in [2.75, 3.05) is 7.11 Å². The number of rotatable bonds is 4. The predicted octanol–water partition coefficient (Wildman–Crippen LogP) is 4.38. The van der Waals surface area contributed by atoms with Crippen molar-refractivity contribution in [2.45, 2.75) is 19.8 Å². The molecule has 22 heavy (non-hydrogen) atoms.